The molecule has 0 aliphatic carbocycles. The summed E-state index contributed by atoms with van der Waals surface area (Å²) >= 11 is 0. The first-order valence-corrected chi connectivity index (χ1v) is 8.05. The SMILES string of the molecule is CC1(C)C(c2cccnc2)=Nc2ccc(C3=NNC(=O)CC3)cc21. The number of hydrogen-bond acceptors (Lipinski definition) is 4. The molecule has 1 aromatic heterocycles. The van der Waals surface area contributed by atoms with Crippen LogP contribution in [0.2, 0.25) is 0 Å². The van der Waals surface area contributed by atoms with E-state index in [-0.39, 0.29) is 11.3 Å². The summed E-state index contributed by atoms with van der Waals surface area (Å²) in [6.45, 7) is 4.36. The number of carbonyl (C=O) groups excluding carboxylic acids is 1. The number of rotatable bonds is 2. The zero-order chi connectivity index (χ0) is 16.7. The highest BCUT2D eigenvalue weighted by Crippen LogP contribution is 2.42. The fourth-order valence-corrected chi connectivity index (χ4v) is 3.31. The van der Waals surface area contributed by atoms with Crippen LogP contribution >= 0.6 is 0 Å². The number of hydrazone groups is 1. The lowest BCUT2D eigenvalue weighted by Gasteiger charge is -2.23. The van der Waals surface area contributed by atoms with Crippen molar-refractivity contribution in [2.45, 2.75) is 32.1 Å². The van der Waals surface area contributed by atoms with Crippen molar-refractivity contribution < 1.29 is 4.79 Å². The van der Waals surface area contributed by atoms with E-state index < -0.39 is 0 Å². The lowest BCUT2D eigenvalue weighted by Crippen LogP contribution is -2.28. The maximum absolute atomic E-state index is 11.3. The second-order valence-corrected chi connectivity index (χ2v) is 6.65. The molecule has 0 bridgehead atoms. The molecule has 1 amide bonds. The lowest BCUT2D eigenvalue weighted by atomic mass is 9.78. The van der Waals surface area contributed by atoms with Crippen LogP contribution in [0.3, 0.4) is 0 Å². The number of nitrogens with zero attached hydrogens (tertiary/aromatic N) is 3. The van der Waals surface area contributed by atoms with Gasteiger partial charge in [0.1, 0.15) is 0 Å². The van der Waals surface area contributed by atoms with Crippen molar-refractivity contribution in [3.05, 3.63) is 59.4 Å². The van der Waals surface area contributed by atoms with Crippen LogP contribution in [-0.4, -0.2) is 22.3 Å². The van der Waals surface area contributed by atoms with Gasteiger partial charge in [0.2, 0.25) is 5.91 Å². The molecular weight excluding hydrogens is 300 g/mol. The van der Waals surface area contributed by atoms with Gasteiger partial charge in [0.15, 0.2) is 0 Å². The number of aliphatic imine (C=N–C) groups is 1. The second-order valence-electron chi connectivity index (χ2n) is 6.65. The van der Waals surface area contributed by atoms with Crippen LogP contribution in [-0.2, 0) is 10.2 Å². The minimum absolute atomic E-state index is 0.0255. The molecule has 120 valence electrons. The smallest absolute Gasteiger partial charge is 0.240 e. The van der Waals surface area contributed by atoms with Gasteiger partial charge in [-0.05, 0) is 29.3 Å². The average Bonchev–Trinajstić information content (AvgIpc) is 2.87. The van der Waals surface area contributed by atoms with Crippen LogP contribution in [0.25, 0.3) is 0 Å². The Morgan fingerprint density at radius 2 is 2.00 bits per heavy atom. The zero-order valence-electron chi connectivity index (χ0n) is 13.7. The Morgan fingerprint density at radius 3 is 2.71 bits per heavy atom. The molecule has 5 heteroatoms. The molecule has 0 saturated carbocycles. The molecule has 3 heterocycles. The maximum Gasteiger partial charge on any atom is 0.240 e. The zero-order valence-corrected chi connectivity index (χ0v) is 13.7. The molecule has 0 spiro atoms. The Morgan fingerprint density at radius 1 is 1.12 bits per heavy atom. The van der Waals surface area contributed by atoms with Crippen molar-refractivity contribution in [1.82, 2.24) is 10.4 Å². The minimum Gasteiger partial charge on any atom is -0.273 e. The second kappa shape index (κ2) is 5.37. The summed E-state index contributed by atoms with van der Waals surface area (Å²) in [7, 11) is 0. The molecule has 2 aromatic rings. The summed E-state index contributed by atoms with van der Waals surface area (Å²) in [4.78, 5) is 20.3. The number of pyridine rings is 1. The highest BCUT2D eigenvalue weighted by atomic mass is 16.2. The molecule has 0 fully saturated rings. The Labute approximate surface area is 140 Å². The maximum atomic E-state index is 11.3. The standard InChI is InChI=1S/C19H18N4O/c1-19(2)14-10-12(15-7-8-17(24)23-22-15)5-6-16(14)21-18(19)13-4-3-9-20-11-13/h3-6,9-11H,7-8H2,1-2H3,(H,23,24). The van der Waals surface area contributed by atoms with Crippen molar-refractivity contribution in [1.29, 1.82) is 0 Å². The third kappa shape index (κ3) is 2.33. The van der Waals surface area contributed by atoms with E-state index in [1.54, 1.807) is 6.20 Å². The molecule has 1 N–H and O–H groups in total. The van der Waals surface area contributed by atoms with Gasteiger partial charge in [-0.25, -0.2) is 5.43 Å². The summed E-state index contributed by atoms with van der Waals surface area (Å²) < 4.78 is 0. The van der Waals surface area contributed by atoms with E-state index in [0.29, 0.717) is 12.8 Å². The third-order valence-corrected chi connectivity index (χ3v) is 4.67. The Kier molecular flexibility index (Phi) is 3.30. The minimum atomic E-state index is -0.202. The number of hydrogen-bond donors (Lipinski definition) is 1. The molecule has 0 radical (unpaired) electrons. The topological polar surface area (TPSA) is 66.7 Å². The van der Waals surface area contributed by atoms with Gasteiger partial charge in [-0.1, -0.05) is 26.0 Å². The van der Waals surface area contributed by atoms with Gasteiger partial charge in [-0.3, -0.25) is 14.8 Å². The van der Waals surface area contributed by atoms with Crippen molar-refractivity contribution in [3.63, 3.8) is 0 Å². The van der Waals surface area contributed by atoms with Crippen LogP contribution < -0.4 is 5.43 Å². The summed E-state index contributed by atoms with van der Waals surface area (Å²) in [5.74, 6) is -0.0255. The monoisotopic (exact) mass is 318 g/mol. The Hall–Kier alpha value is -2.82. The number of nitrogens with one attached hydrogen (secondary N) is 1. The Balaban J connectivity index is 1.74. The highest BCUT2D eigenvalue weighted by molar-refractivity contribution is 6.13. The van der Waals surface area contributed by atoms with E-state index >= 15 is 0 Å². The fraction of sp³-hybridized carbons (Fsp3) is 0.263. The predicted molar refractivity (Wildman–Crippen MR) is 93.8 cm³/mol. The number of carbonyl (C=O) groups is 1. The van der Waals surface area contributed by atoms with Crippen molar-refractivity contribution in [2.75, 3.05) is 0 Å². The van der Waals surface area contributed by atoms with Crippen molar-refractivity contribution in [3.8, 4) is 0 Å². The largest absolute Gasteiger partial charge is 0.273 e. The Bertz CT molecular complexity index is 881. The summed E-state index contributed by atoms with van der Waals surface area (Å²) in [6.07, 6.45) is 4.78. The lowest BCUT2D eigenvalue weighted by molar-refractivity contribution is -0.121. The molecule has 0 atom stereocenters. The number of amides is 1. The van der Waals surface area contributed by atoms with E-state index in [1.807, 2.05) is 30.5 Å². The predicted octanol–water partition coefficient (Wildman–Crippen LogP) is 3.11. The number of fused-ring (bicyclic) bond motifs is 1. The fourth-order valence-electron chi connectivity index (χ4n) is 3.31. The average molecular weight is 318 g/mol. The van der Waals surface area contributed by atoms with Crippen LogP contribution in [0.4, 0.5) is 5.69 Å². The first kappa shape index (κ1) is 14.8. The first-order valence-electron chi connectivity index (χ1n) is 8.05. The van der Waals surface area contributed by atoms with Crippen LogP contribution in [0.1, 0.15) is 43.4 Å². The summed E-state index contributed by atoms with van der Waals surface area (Å²) in [5.41, 5.74) is 8.57. The molecule has 1 aromatic carbocycles. The van der Waals surface area contributed by atoms with E-state index in [2.05, 4.69) is 35.4 Å². The molecular formula is C19H18N4O. The van der Waals surface area contributed by atoms with Gasteiger partial charge >= 0.3 is 0 Å². The van der Waals surface area contributed by atoms with Crippen molar-refractivity contribution in [2.24, 2.45) is 10.1 Å². The van der Waals surface area contributed by atoms with Gasteiger partial charge in [-0.2, -0.15) is 5.10 Å². The quantitative estimate of drug-likeness (QED) is 0.924. The highest BCUT2D eigenvalue weighted by Gasteiger charge is 2.36. The van der Waals surface area contributed by atoms with Gasteiger partial charge in [0.25, 0.3) is 0 Å². The summed E-state index contributed by atoms with van der Waals surface area (Å²) in [6, 6.07) is 10.2. The van der Waals surface area contributed by atoms with Crippen LogP contribution in [0.5, 0.6) is 0 Å². The van der Waals surface area contributed by atoms with Gasteiger partial charge in [-0.15, -0.1) is 0 Å². The van der Waals surface area contributed by atoms with E-state index in [9.17, 15) is 4.79 Å². The molecule has 2 aliphatic rings. The molecule has 24 heavy (non-hydrogen) atoms. The molecule has 2 aliphatic heterocycles. The number of aromatic nitrogens is 1. The van der Waals surface area contributed by atoms with E-state index in [4.69, 9.17) is 4.99 Å². The van der Waals surface area contributed by atoms with Crippen molar-refractivity contribution >= 4 is 23.0 Å². The molecule has 5 nitrogen and oxygen atoms in total. The van der Waals surface area contributed by atoms with Crippen LogP contribution in [0, 0.1) is 0 Å². The van der Waals surface area contributed by atoms with Gasteiger partial charge in [0, 0.05) is 36.2 Å². The van der Waals surface area contributed by atoms with E-state index in [1.165, 1.54) is 5.56 Å². The molecule has 4 rings (SSSR count). The first-order chi connectivity index (χ1) is 11.6. The van der Waals surface area contributed by atoms with Crippen LogP contribution in [0.15, 0.2) is 52.8 Å². The third-order valence-electron chi connectivity index (χ3n) is 4.67. The summed E-state index contributed by atoms with van der Waals surface area (Å²) in [5, 5.41) is 4.20. The number of benzene rings is 1. The molecule has 0 unspecified atom stereocenters. The normalized spacial score (nSPS) is 18.5. The van der Waals surface area contributed by atoms with Gasteiger partial charge in [0.05, 0.1) is 17.1 Å². The van der Waals surface area contributed by atoms with Gasteiger partial charge < -0.3 is 0 Å². The molecule has 0 saturated heterocycles. The van der Waals surface area contributed by atoms with E-state index in [0.717, 1.165) is 28.2 Å².